The van der Waals surface area contributed by atoms with Gasteiger partial charge in [-0.3, -0.25) is 4.79 Å². The van der Waals surface area contributed by atoms with Crippen LogP contribution in [0.2, 0.25) is 0 Å². The molecule has 0 atom stereocenters. The highest BCUT2D eigenvalue weighted by Crippen LogP contribution is 2.34. The van der Waals surface area contributed by atoms with Crippen molar-refractivity contribution in [3.63, 3.8) is 0 Å². The molecule has 0 aliphatic heterocycles. The van der Waals surface area contributed by atoms with Crippen molar-refractivity contribution in [2.24, 2.45) is 0 Å². The molecule has 0 spiro atoms. The maximum Gasteiger partial charge on any atom is 0.272 e. The molecule has 1 amide bonds. The van der Waals surface area contributed by atoms with E-state index in [1.54, 1.807) is 12.3 Å². The fourth-order valence-electron chi connectivity index (χ4n) is 1.38. The van der Waals surface area contributed by atoms with Crippen molar-refractivity contribution in [2.45, 2.75) is 0 Å². The number of benzene rings is 1. The quantitative estimate of drug-likeness (QED) is 0.661. The number of aromatic nitrogens is 1. The van der Waals surface area contributed by atoms with Gasteiger partial charge in [-0.15, -0.1) is 0 Å². The topological polar surface area (TPSA) is 70.9 Å². The summed E-state index contributed by atoms with van der Waals surface area (Å²) < 4.78 is 2.46. The van der Waals surface area contributed by atoms with Crippen molar-refractivity contribution in [3.8, 4) is 0 Å². The van der Waals surface area contributed by atoms with Gasteiger partial charge in [0, 0.05) is 25.3 Å². The average molecular weight is 438 g/mol. The second-order valence-corrected chi connectivity index (χ2v) is 6.17. The molecule has 4 nitrogen and oxygen atoms in total. The zero-order valence-electron chi connectivity index (χ0n) is 8.93. The van der Waals surface area contributed by atoms with Crippen LogP contribution in [0, 0.1) is 0 Å². The van der Waals surface area contributed by atoms with Gasteiger partial charge in [0.15, 0.2) is 0 Å². The number of hydrogen-bond acceptors (Lipinski definition) is 2. The molecule has 0 bridgehead atoms. The molecule has 2 aromatic rings. The number of nitrogens with two attached hydrogens (primary N) is 1. The summed E-state index contributed by atoms with van der Waals surface area (Å²) in [6, 6.07) is 5.28. The van der Waals surface area contributed by atoms with Crippen LogP contribution in [0.5, 0.6) is 0 Å². The molecule has 0 saturated carbocycles. The van der Waals surface area contributed by atoms with E-state index in [0.717, 1.165) is 13.4 Å². The van der Waals surface area contributed by atoms with Crippen LogP contribution in [0.25, 0.3) is 0 Å². The van der Waals surface area contributed by atoms with Gasteiger partial charge >= 0.3 is 0 Å². The van der Waals surface area contributed by atoms with Crippen LogP contribution in [-0.2, 0) is 0 Å². The molecule has 1 heterocycles. The van der Waals surface area contributed by atoms with E-state index in [-0.39, 0.29) is 5.91 Å². The van der Waals surface area contributed by atoms with Crippen LogP contribution in [0.3, 0.4) is 0 Å². The largest absolute Gasteiger partial charge is 0.397 e. The maximum absolute atomic E-state index is 12.0. The van der Waals surface area contributed by atoms with E-state index in [4.69, 9.17) is 5.73 Å². The second kappa shape index (κ2) is 5.46. The standard InChI is InChI=1S/C11H8Br3N3O/c12-5-1-7(13)10(8(14)2-5)17-11(18)9-3-6(15)4-16-9/h1-4,16H,15H2,(H,17,18). The Kier molecular flexibility index (Phi) is 4.14. The third-order valence-corrected chi connectivity index (χ3v) is 3.90. The Morgan fingerprint density at radius 3 is 2.28 bits per heavy atom. The van der Waals surface area contributed by atoms with Crippen molar-refractivity contribution in [1.82, 2.24) is 4.98 Å². The summed E-state index contributed by atoms with van der Waals surface area (Å²) in [7, 11) is 0. The van der Waals surface area contributed by atoms with E-state index in [0.29, 0.717) is 17.1 Å². The van der Waals surface area contributed by atoms with Gasteiger partial charge in [0.1, 0.15) is 5.69 Å². The molecule has 18 heavy (non-hydrogen) atoms. The van der Waals surface area contributed by atoms with E-state index in [2.05, 4.69) is 58.1 Å². The van der Waals surface area contributed by atoms with Gasteiger partial charge in [0.2, 0.25) is 0 Å². The number of amides is 1. The van der Waals surface area contributed by atoms with Crippen molar-refractivity contribution in [3.05, 3.63) is 43.5 Å². The predicted molar refractivity (Wildman–Crippen MR) is 82.7 cm³/mol. The van der Waals surface area contributed by atoms with E-state index >= 15 is 0 Å². The lowest BCUT2D eigenvalue weighted by molar-refractivity contribution is 0.102. The minimum Gasteiger partial charge on any atom is -0.397 e. The highest BCUT2D eigenvalue weighted by Gasteiger charge is 2.13. The molecule has 94 valence electrons. The Labute approximate surface area is 129 Å². The second-order valence-electron chi connectivity index (χ2n) is 3.55. The average Bonchev–Trinajstić information content (AvgIpc) is 2.70. The first-order valence-corrected chi connectivity index (χ1v) is 7.25. The van der Waals surface area contributed by atoms with E-state index in [9.17, 15) is 4.79 Å². The Hall–Kier alpha value is -0.790. The molecule has 1 aromatic heterocycles. The number of aromatic amines is 1. The summed E-state index contributed by atoms with van der Waals surface area (Å²) in [5, 5.41) is 2.80. The molecule has 0 aliphatic carbocycles. The van der Waals surface area contributed by atoms with E-state index in [1.165, 1.54) is 0 Å². The zero-order valence-corrected chi connectivity index (χ0v) is 13.7. The Morgan fingerprint density at radius 1 is 1.17 bits per heavy atom. The lowest BCUT2D eigenvalue weighted by Gasteiger charge is -2.09. The van der Waals surface area contributed by atoms with Gasteiger partial charge in [0.25, 0.3) is 5.91 Å². The molecule has 0 radical (unpaired) electrons. The van der Waals surface area contributed by atoms with Crippen LogP contribution >= 0.6 is 47.8 Å². The molecule has 2 rings (SSSR count). The van der Waals surface area contributed by atoms with Crippen LogP contribution in [-0.4, -0.2) is 10.9 Å². The molecule has 0 unspecified atom stereocenters. The monoisotopic (exact) mass is 435 g/mol. The Bertz CT molecular complexity index is 586. The summed E-state index contributed by atoms with van der Waals surface area (Å²) in [5.74, 6) is -0.254. The molecule has 7 heteroatoms. The van der Waals surface area contributed by atoms with Crippen LogP contribution in [0.1, 0.15) is 10.5 Å². The summed E-state index contributed by atoms with van der Waals surface area (Å²) >= 11 is 10.2. The molecule has 0 fully saturated rings. The number of anilines is 2. The lowest BCUT2D eigenvalue weighted by Crippen LogP contribution is -2.13. The van der Waals surface area contributed by atoms with Gasteiger partial charge in [-0.05, 0) is 50.1 Å². The molecular formula is C11H8Br3N3O. The summed E-state index contributed by atoms with van der Waals surface area (Å²) in [6.07, 6.45) is 1.57. The van der Waals surface area contributed by atoms with Gasteiger partial charge in [0.05, 0.1) is 5.69 Å². The van der Waals surface area contributed by atoms with Gasteiger partial charge in [-0.2, -0.15) is 0 Å². The smallest absolute Gasteiger partial charge is 0.272 e. The molecule has 1 aromatic carbocycles. The predicted octanol–water partition coefficient (Wildman–Crippen LogP) is 4.14. The van der Waals surface area contributed by atoms with Crippen LogP contribution in [0.15, 0.2) is 37.8 Å². The van der Waals surface area contributed by atoms with Crippen molar-refractivity contribution in [2.75, 3.05) is 11.1 Å². The van der Waals surface area contributed by atoms with Crippen molar-refractivity contribution in [1.29, 1.82) is 0 Å². The van der Waals surface area contributed by atoms with Crippen LogP contribution < -0.4 is 11.1 Å². The SMILES string of the molecule is Nc1c[nH]c(C(=O)Nc2c(Br)cc(Br)cc2Br)c1. The third-order valence-electron chi connectivity index (χ3n) is 2.20. The maximum atomic E-state index is 12.0. The zero-order chi connectivity index (χ0) is 13.3. The fourth-order valence-corrected chi connectivity index (χ4v) is 3.84. The lowest BCUT2D eigenvalue weighted by atomic mass is 10.3. The fraction of sp³-hybridized carbons (Fsp3) is 0. The summed E-state index contributed by atoms with van der Waals surface area (Å²) in [5.41, 5.74) is 7.15. The molecule has 4 N–H and O–H groups in total. The summed E-state index contributed by atoms with van der Waals surface area (Å²) in [6.45, 7) is 0. The number of H-pyrrole nitrogens is 1. The van der Waals surface area contributed by atoms with Gasteiger partial charge in [-0.25, -0.2) is 0 Å². The van der Waals surface area contributed by atoms with Crippen LogP contribution in [0.4, 0.5) is 11.4 Å². The first-order valence-electron chi connectivity index (χ1n) is 4.87. The number of halogens is 3. The highest BCUT2D eigenvalue weighted by atomic mass is 79.9. The number of rotatable bonds is 2. The first kappa shape index (κ1) is 13.6. The minimum atomic E-state index is -0.254. The molecular weight excluding hydrogens is 430 g/mol. The van der Waals surface area contributed by atoms with Crippen molar-refractivity contribution < 1.29 is 4.79 Å². The van der Waals surface area contributed by atoms with Gasteiger partial charge < -0.3 is 16.0 Å². The Morgan fingerprint density at radius 2 is 1.78 bits per heavy atom. The normalized spacial score (nSPS) is 10.4. The number of hydrogen-bond donors (Lipinski definition) is 3. The number of nitrogens with one attached hydrogen (secondary N) is 2. The highest BCUT2D eigenvalue weighted by molar-refractivity contribution is 9.11. The number of carbonyl (C=O) groups is 1. The molecule has 0 saturated heterocycles. The number of nitrogen functional groups attached to an aromatic ring is 1. The van der Waals surface area contributed by atoms with E-state index in [1.807, 2.05) is 12.1 Å². The van der Waals surface area contributed by atoms with Crippen molar-refractivity contribution >= 4 is 65.1 Å². The number of carbonyl (C=O) groups excluding carboxylic acids is 1. The summed E-state index contributed by atoms with van der Waals surface area (Å²) in [4.78, 5) is 14.8. The van der Waals surface area contributed by atoms with E-state index < -0.39 is 0 Å². The third kappa shape index (κ3) is 2.96. The molecule has 0 aliphatic rings. The Balaban J connectivity index is 2.27. The minimum absolute atomic E-state index is 0.254. The first-order chi connectivity index (χ1) is 8.47. The van der Waals surface area contributed by atoms with Gasteiger partial charge in [-0.1, -0.05) is 15.9 Å².